The van der Waals surface area contributed by atoms with E-state index < -0.39 is 0 Å². The number of hydrogen-bond donors (Lipinski definition) is 1. The van der Waals surface area contributed by atoms with E-state index in [0.717, 1.165) is 15.9 Å². The van der Waals surface area contributed by atoms with Gasteiger partial charge in [0, 0.05) is 23.4 Å². The quantitative estimate of drug-likeness (QED) is 0.808. The van der Waals surface area contributed by atoms with Crippen LogP contribution in [-0.4, -0.2) is 19.6 Å². The molecule has 1 aromatic carbocycles. The van der Waals surface area contributed by atoms with Gasteiger partial charge in [-0.15, -0.1) is 10.2 Å². The van der Waals surface area contributed by atoms with Gasteiger partial charge in [-0.25, -0.2) is 4.98 Å². The summed E-state index contributed by atoms with van der Waals surface area (Å²) in [6, 6.07) is 8.07. The van der Waals surface area contributed by atoms with Crippen LogP contribution in [0.15, 0.2) is 47.5 Å². The Morgan fingerprint density at radius 3 is 3.06 bits per heavy atom. The van der Waals surface area contributed by atoms with Crippen LogP contribution in [0.3, 0.4) is 0 Å². The molecule has 5 nitrogen and oxygen atoms in total. The van der Waals surface area contributed by atoms with Crippen molar-refractivity contribution < 1.29 is 0 Å². The maximum atomic E-state index is 4.27. The number of aromatic nitrogens is 4. The number of hydrogen-bond acceptors (Lipinski definition) is 4. The van der Waals surface area contributed by atoms with E-state index in [9.17, 15) is 0 Å². The molecule has 0 bridgehead atoms. The minimum atomic E-state index is 0.682. The highest BCUT2D eigenvalue weighted by Crippen LogP contribution is 2.18. The van der Waals surface area contributed by atoms with Gasteiger partial charge < -0.3 is 5.32 Å². The molecule has 3 rings (SSSR count). The van der Waals surface area contributed by atoms with Crippen LogP contribution in [0.4, 0.5) is 5.82 Å². The van der Waals surface area contributed by atoms with Gasteiger partial charge in [0.15, 0.2) is 5.82 Å². The first kappa shape index (κ1) is 11.2. The van der Waals surface area contributed by atoms with E-state index in [1.807, 2.05) is 28.8 Å². The molecule has 1 N–H and O–H groups in total. The van der Waals surface area contributed by atoms with Crippen LogP contribution < -0.4 is 5.32 Å². The Kier molecular flexibility index (Phi) is 2.93. The van der Waals surface area contributed by atoms with Crippen molar-refractivity contribution in [2.24, 2.45) is 0 Å². The molecule has 0 saturated heterocycles. The number of anilines is 1. The summed E-state index contributed by atoms with van der Waals surface area (Å²) in [5, 5.41) is 11.2. The first-order valence-electron chi connectivity index (χ1n) is 5.46. The molecule has 0 saturated carbocycles. The summed E-state index contributed by atoms with van der Waals surface area (Å²) in [4.78, 5) is 4.27. The number of halogens is 1. The molecule has 0 atom stereocenters. The summed E-state index contributed by atoms with van der Waals surface area (Å²) in [7, 11) is 0. The van der Waals surface area contributed by atoms with Crippen molar-refractivity contribution in [3.05, 3.63) is 53.0 Å². The van der Waals surface area contributed by atoms with E-state index >= 15 is 0 Å². The third-order valence-electron chi connectivity index (χ3n) is 2.62. The zero-order chi connectivity index (χ0) is 12.4. The number of nitrogens with one attached hydrogen (secondary N) is 1. The molecule has 2 aromatic heterocycles. The van der Waals surface area contributed by atoms with Gasteiger partial charge in [-0.3, -0.25) is 4.40 Å². The van der Waals surface area contributed by atoms with Crippen LogP contribution in [0.1, 0.15) is 5.56 Å². The van der Waals surface area contributed by atoms with E-state index in [-0.39, 0.29) is 0 Å². The summed E-state index contributed by atoms with van der Waals surface area (Å²) in [6.07, 6.45) is 5.19. The highest BCUT2D eigenvalue weighted by molar-refractivity contribution is 9.10. The minimum Gasteiger partial charge on any atom is -0.363 e. The van der Waals surface area contributed by atoms with Crippen LogP contribution in [-0.2, 0) is 6.54 Å². The van der Waals surface area contributed by atoms with Crippen LogP contribution in [0.25, 0.3) is 5.65 Å². The lowest BCUT2D eigenvalue weighted by molar-refractivity contribution is 1.07. The lowest BCUT2D eigenvalue weighted by Crippen LogP contribution is -2.04. The maximum Gasteiger partial charge on any atom is 0.203 e. The Morgan fingerprint density at radius 2 is 2.17 bits per heavy atom. The topological polar surface area (TPSA) is 55.1 Å². The summed E-state index contributed by atoms with van der Waals surface area (Å²) < 4.78 is 2.90. The highest BCUT2D eigenvalue weighted by atomic mass is 79.9. The first-order chi connectivity index (χ1) is 8.84. The van der Waals surface area contributed by atoms with Crippen molar-refractivity contribution >= 4 is 27.4 Å². The fourth-order valence-corrected chi connectivity index (χ4v) is 2.13. The molecule has 18 heavy (non-hydrogen) atoms. The molecule has 0 aliphatic rings. The number of rotatable bonds is 3. The molecule has 6 heteroatoms. The predicted octanol–water partition coefficient (Wildman–Crippen LogP) is 2.50. The van der Waals surface area contributed by atoms with Gasteiger partial charge in [0.05, 0.1) is 0 Å². The molecule has 0 spiro atoms. The van der Waals surface area contributed by atoms with Crippen LogP contribution in [0.5, 0.6) is 0 Å². The van der Waals surface area contributed by atoms with Gasteiger partial charge in [-0.05, 0) is 11.6 Å². The minimum absolute atomic E-state index is 0.682. The molecular formula is C12H10BrN5. The second-order valence-electron chi connectivity index (χ2n) is 3.78. The zero-order valence-electron chi connectivity index (χ0n) is 9.42. The summed E-state index contributed by atoms with van der Waals surface area (Å²) in [5.74, 6) is 0.728. The highest BCUT2D eigenvalue weighted by Gasteiger charge is 2.05. The van der Waals surface area contributed by atoms with Crippen molar-refractivity contribution in [2.75, 3.05) is 5.32 Å². The van der Waals surface area contributed by atoms with E-state index in [1.165, 1.54) is 5.56 Å². The lowest BCUT2D eigenvalue weighted by atomic mass is 10.2. The van der Waals surface area contributed by atoms with Crippen molar-refractivity contribution in [1.82, 2.24) is 19.6 Å². The fourth-order valence-electron chi connectivity index (χ4n) is 1.70. The number of fused-ring (bicyclic) bond motifs is 1. The molecule has 90 valence electrons. The zero-order valence-corrected chi connectivity index (χ0v) is 11.0. The fraction of sp³-hybridized carbons (Fsp3) is 0.0833. The smallest absolute Gasteiger partial charge is 0.203 e. The molecule has 0 aliphatic heterocycles. The van der Waals surface area contributed by atoms with Crippen molar-refractivity contribution in [1.29, 1.82) is 0 Å². The summed E-state index contributed by atoms with van der Waals surface area (Å²) >= 11 is 3.52. The van der Waals surface area contributed by atoms with E-state index in [2.05, 4.69) is 42.5 Å². The molecular weight excluding hydrogens is 294 g/mol. The second kappa shape index (κ2) is 4.73. The summed E-state index contributed by atoms with van der Waals surface area (Å²) in [6.45, 7) is 0.682. The van der Waals surface area contributed by atoms with Gasteiger partial charge in [0.2, 0.25) is 5.65 Å². The Bertz CT molecular complexity index is 679. The number of nitrogens with zero attached hydrogens (tertiary/aromatic N) is 4. The SMILES string of the molecule is Brc1ccccc1CNc1nccn2cnnc12. The van der Waals surface area contributed by atoms with Crippen molar-refractivity contribution in [2.45, 2.75) is 6.54 Å². The van der Waals surface area contributed by atoms with Crippen LogP contribution in [0.2, 0.25) is 0 Å². The Morgan fingerprint density at radius 1 is 1.28 bits per heavy atom. The molecule has 0 fully saturated rings. The third-order valence-corrected chi connectivity index (χ3v) is 3.39. The molecule has 0 aliphatic carbocycles. The Hall–Kier alpha value is -1.95. The Labute approximate surface area is 112 Å². The monoisotopic (exact) mass is 303 g/mol. The van der Waals surface area contributed by atoms with Crippen molar-refractivity contribution in [3.63, 3.8) is 0 Å². The predicted molar refractivity (Wildman–Crippen MR) is 72.3 cm³/mol. The van der Waals surface area contributed by atoms with Gasteiger partial charge in [0.25, 0.3) is 0 Å². The number of benzene rings is 1. The Balaban J connectivity index is 1.85. The molecule has 0 amide bonds. The average Bonchev–Trinajstić information content (AvgIpc) is 2.86. The largest absolute Gasteiger partial charge is 0.363 e. The summed E-state index contributed by atoms with van der Waals surface area (Å²) in [5.41, 5.74) is 1.89. The van der Waals surface area contributed by atoms with E-state index in [4.69, 9.17) is 0 Å². The van der Waals surface area contributed by atoms with E-state index in [1.54, 1.807) is 12.5 Å². The normalized spacial score (nSPS) is 10.7. The van der Waals surface area contributed by atoms with E-state index in [0.29, 0.717) is 6.54 Å². The maximum absolute atomic E-state index is 4.27. The van der Waals surface area contributed by atoms with Crippen molar-refractivity contribution in [3.8, 4) is 0 Å². The van der Waals surface area contributed by atoms with Crippen LogP contribution in [0, 0.1) is 0 Å². The molecule has 0 radical (unpaired) electrons. The van der Waals surface area contributed by atoms with Gasteiger partial charge in [-0.2, -0.15) is 0 Å². The molecule has 2 heterocycles. The molecule has 3 aromatic rings. The average molecular weight is 304 g/mol. The lowest BCUT2D eigenvalue weighted by Gasteiger charge is -2.07. The van der Waals surface area contributed by atoms with Gasteiger partial charge >= 0.3 is 0 Å². The van der Waals surface area contributed by atoms with Gasteiger partial charge in [0.1, 0.15) is 6.33 Å². The second-order valence-corrected chi connectivity index (χ2v) is 4.64. The van der Waals surface area contributed by atoms with Crippen LogP contribution >= 0.6 is 15.9 Å². The standard InChI is InChI=1S/C12H10BrN5/c13-10-4-2-1-3-9(10)7-15-11-12-17-16-8-18(12)6-5-14-11/h1-6,8H,7H2,(H,14,15). The third kappa shape index (κ3) is 2.06. The molecule has 0 unspecified atom stereocenters. The van der Waals surface area contributed by atoms with Gasteiger partial charge in [-0.1, -0.05) is 34.1 Å². The first-order valence-corrected chi connectivity index (χ1v) is 6.25.